The maximum Gasteiger partial charge on any atom is 0.348 e. The molecule has 0 aliphatic carbocycles. The fourth-order valence-corrected chi connectivity index (χ4v) is 1.97. The second-order valence-corrected chi connectivity index (χ2v) is 5.28. The Morgan fingerprint density at radius 1 is 1.43 bits per heavy atom. The van der Waals surface area contributed by atoms with E-state index in [-0.39, 0.29) is 5.57 Å². The van der Waals surface area contributed by atoms with E-state index in [1.165, 1.54) is 0 Å². The summed E-state index contributed by atoms with van der Waals surface area (Å²) < 4.78 is 5.13. The molecule has 0 atom stereocenters. The average Bonchev–Trinajstić information content (AvgIpc) is 2.87. The van der Waals surface area contributed by atoms with Gasteiger partial charge in [-0.1, -0.05) is 32.0 Å². The summed E-state index contributed by atoms with van der Waals surface area (Å²) >= 11 is 0. The van der Waals surface area contributed by atoms with Gasteiger partial charge in [-0.3, -0.25) is 0 Å². The van der Waals surface area contributed by atoms with Crippen LogP contribution in [0.4, 0.5) is 0 Å². The fourth-order valence-electron chi connectivity index (χ4n) is 1.97. The van der Waals surface area contributed by atoms with Gasteiger partial charge >= 0.3 is 5.97 Å². The molecule has 1 aromatic carbocycles. The van der Waals surface area contributed by atoms with Crippen LogP contribution in [-0.4, -0.2) is 17.6 Å². The number of hydrogen-bond donors (Lipinski definition) is 1. The molecule has 0 aliphatic heterocycles. The van der Waals surface area contributed by atoms with Crippen LogP contribution in [0.15, 0.2) is 36.0 Å². The van der Waals surface area contributed by atoms with E-state index in [9.17, 15) is 4.79 Å². The molecular formula is C17H18N2O2. The number of nitrogens with one attached hydrogen (secondary N) is 1. The molecule has 0 saturated heterocycles. The number of benzene rings is 1. The van der Waals surface area contributed by atoms with Gasteiger partial charge in [0.05, 0.1) is 6.61 Å². The first kappa shape index (κ1) is 14.9. The van der Waals surface area contributed by atoms with E-state index in [0.717, 1.165) is 22.9 Å². The van der Waals surface area contributed by atoms with Crippen LogP contribution < -0.4 is 0 Å². The Hall–Kier alpha value is -2.54. The number of aromatic nitrogens is 1. The van der Waals surface area contributed by atoms with Gasteiger partial charge in [0.25, 0.3) is 0 Å². The van der Waals surface area contributed by atoms with Gasteiger partial charge in [0.2, 0.25) is 0 Å². The molecule has 0 unspecified atom stereocenters. The maximum atomic E-state index is 11.9. The third-order valence-corrected chi connectivity index (χ3v) is 3.19. The number of rotatable bonds is 5. The molecule has 0 amide bonds. The summed E-state index contributed by atoms with van der Waals surface area (Å²) in [5.41, 5.74) is 1.79. The molecule has 0 radical (unpaired) electrons. The number of ether oxygens (including phenoxy) is 1. The number of nitrogens with zero attached hydrogens (tertiary/aromatic N) is 1. The Kier molecular flexibility index (Phi) is 4.78. The number of para-hydroxylation sites is 1. The molecule has 4 nitrogen and oxygen atoms in total. The van der Waals surface area contributed by atoms with Crippen molar-refractivity contribution in [1.29, 1.82) is 5.26 Å². The standard InChI is InChI=1S/C17H18N2O2/c1-12(2)7-8-21-17(20)13(10-18)9-14-11-19-16-6-4-3-5-15(14)16/h3-6,9,11-12,19H,7-8H2,1-2H3/b13-9-. The lowest BCUT2D eigenvalue weighted by atomic mass is 10.1. The highest BCUT2D eigenvalue weighted by atomic mass is 16.5. The van der Waals surface area contributed by atoms with Crippen LogP contribution in [0.25, 0.3) is 17.0 Å². The van der Waals surface area contributed by atoms with E-state index in [1.54, 1.807) is 12.3 Å². The van der Waals surface area contributed by atoms with Crippen molar-refractivity contribution in [3.63, 3.8) is 0 Å². The van der Waals surface area contributed by atoms with Crippen LogP contribution in [-0.2, 0) is 9.53 Å². The topological polar surface area (TPSA) is 65.9 Å². The number of H-pyrrole nitrogens is 1. The molecule has 21 heavy (non-hydrogen) atoms. The highest BCUT2D eigenvalue weighted by molar-refractivity contribution is 6.01. The van der Waals surface area contributed by atoms with E-state index in [1.807, 2.05) is 30.3 Å². The largest absolute Gasteiger partial charge is 0.462 e. The zero-order chi connectivity index (χ0) is 15.2. The second kappa shape index (κ2) is 6.76. The Morgan fingerprint density at radius 2 is 2.19 bits per heavy atom. The fraction of sp³-hybridized carbons (Fsp3) is 0.294. The van der Waals surface area contributed by atoms with Crippen molar-refractivity contribution in [2.45, 2.75) is 20.3 Å². The zero-order valence-corrected chi connectivity index (χ0v) is 12.2. The monoisotopic (exact) mass is 282 g/mol. The van der Waals surface area contributed by atoms with Crippen molar-refractivity contribution < 1.29 is 9.53 Å². The van der Waals surface area contributed by atoms with Crippen molar-refractivity contribution in [1.82, 2.24) is 4.98 Å². The molecular weight excluding hydrogens is 264 g/mol. The van der Waals surface area contributed by atoms with Gasteiger partial charge in [0.15, 0.2) is 0 Å². The molecule has 2 rings (SSSR count). The predicted molar refractivity (Wildman–Crippen MR) is 82.3 cm³/mol. The molecule has 1 aromatic heterocycles. The van der Waals surface area contributed by atoms with E-state index < -0.39 is 5.97 Å². The summed E-state index contributed by atoms with van der Waals surface area (Å²) in [7, 11) is 0. The lowest BCUT2D eigenvalue weighted by Gasteiger charge is -2.05. The van der Waals surface area contributed by atoms with E-state index in [4.69, 9.17) is 10.00 Å². The first-order chi connectivity index (χ1) is 10.1. The third-order valence-electron chi connectivity index (χ3n) is 3.19. The number of esters is 1. The Labute approximate surface area is 124 Å². The Bertz CT molecular complexity index is 705. The van der Waals surface area contributed by atoms with E-state index in [0.29, 0.717) is 12.5 Å². The number of nitriles is 1. The minimum atomic E-state index is -0.566. The van der Waals surface area contributed by atoms with Gasteiger partial charge in [-0.15, -0.1) is 0 Å². The van der Waals surface area contributed by atoms with Gasteiger partial charge in [-0.25, -0.2) is 4.79 Å². The quantitative estimate of drug-likeness (QED) is 0.517. The molecule has 0 fully saturated rings. The van der Waals surface area contributed by atoms with E-state index >= 15 is 0 Å². The summed E-state index contributed by atoms with van der Waals surface area (Å²) in [5.74, 6) is -0.107. The number of fused-ring (bicyclic) bond motifs is 1. The molecule has 1 N–H and O–H groups in total. The van der Waals surface area contributed by atoms with Crippen LogP contribution in [0.2, 0.25) is 0 Å². The molecule has 0 spiro atoms. The smallest absolute Gasteiger partial charge is 0.348 e. The average molecular weight is 282 g/mol. The Morgan fingerprint density at radius 3 is 2.90 bits per heavy atom. The number of aromatic amines is 1. The van der Waals surface area contributed by atoms with Crippen molar-refractivity contribution >= 4 is 22.9 Å². The summed E-state index contributed by atoms with van der Waals surface area (Å²) in [6.45, 7) is 4.45. The second-order valence-electron chi connectivity index (χ2n) is 5.28. The van der Waals surface area contributed by atoms with Gasteiger partial charge in [0, 0.05) is 22.7 Å². The molecule has 1 heterocycles. The Balaban J connectivity index is 2.17. The predicted octanol–water partition coefficient (Wildman–Crippen LogP) is 3.66. The lowest BCUT2D eigenvalue weighted by molar-refractivity contribution is -0.138. The first-order valence-electron chi connectivity index (χ1n) is 6.97. The molecule has 0 aliphatic rings. The van der Waals surface area contributed by atoms with E-state index in [2.05, 4.69) is 18.8 Å². The van der Waals surface area contributed by atoms with Crippen LogP contribution in [0.5, 0.6) is 0 Å². The van der Waals surface area contributed by atoms with Gasteiger partial charge in [0.1, 0.15) is 11.6 Å². The maximum absolute atomic E-state index is 11.9. The number of carbonyl (C=O) groups is 1. The number of hydrogen-bond acceptors (Lipinski definition) is 3. The van der Waals surface area contributed by atoms with Crippen LogP contribution in [0, 0.1) is 17.2 Å². The van der Waals surface area contributed by atoms with Crippen molar-refractivity contribution in [3.8, 4) is 6.07 Å². The third kappa shape index (κ3) is 3.73. The summed E-state index contributed by atoms with van der Waals surface area (Å²) in [6.07, 6.45) is 4.14. The van der Waals surface area contributed by atoms with Gasteiger partial charge in [-0.05, 0) is 24.5 Å². The van der Waals surface area contributed by atoms with Crippen molar-refractivity contribution in [2.75, 3.05) is 6.61 Å². The molecule has 4 heteroatoms. The van der Waals surface area contributed by atoms with Crippen molar-refractivity contribution in [3.05, 3.63) is 41.6 Å². The zero-order valence-electron chi connectivity index (χ0n) is 12.2. The van der Waals surface area contributed by atoms with Crippen LogP contribution >= 0.6 is 0 Å². The summed E-state index contributed by atoms with van der Waals surface area (Å²) in [5, 5.41) is 10.1. The molecule has 108 valence electrons. The number of carbonyl (C=O) groups excluding carboxylic acids is 1. The molecule has 0 bridgehead atoms. The van der Waals surface area contributed by atoms with Crippen molar-refractivity contribution in [2.24, 2.45) is 5.92 Å². The summed E-state index contributed by atoms with van der Waals surface area (Å²) in [4.78, 5) is 15.0. The van der Waals surface area contributed by atoms with Gasteiger partial charge in [-0.2, -0.15) is 5.26 Å². The normalized spacial score (nSPS) is 11.6. The molecule has 0 saturated carbocycles. The highest BCUT2D eigenvalue weighted by Gasteiger charge is 2.12. The van der Waals surface area contributed by atoms with Crippen LogP contribution in [0.3, 0.4) is 0 Å². The first-order valence-corrected chi connectivity index (χ1v) is 6.97. The minimum absolute atomic E-state index is 0.0171. The lowest BCUT2D eigenvalue weighted by Crippen LogP contribution is -2.09. The summed E-state index contributed by atoms with van der Waals surface area (Å²) in [6, 6.07) is 9.65. The van der Waals surface area contributed by atoms with Gasteiger partial charge < -0.3 is 9.72 Å². The SMILES string of the molecule is CC(C)CCOC(=O)/C(C#N)=C\c1c[nH]c2ccccc12. The molecule has 2 aromatic rings. The minimum Gasteiger partial charge on any atom is -0.462 e. The van der Waals surface area contributed by atoms with Crippen LogP contribution in [0.1, 0.15) is 25.8 Å². The highest BCUT2D eigenvalue weighted by Crippen LogP contribution is 2.20.